The molecule has 2 heterocycles. The second kappa shape index (κ2) is 10.3. The molecule has 0 saturated carbocycles. The number of nitro groups is 1. The van der Waals surface area contributed by atoms with Crippen molar-refractivity contribution in [2.24, 2.45) is 5.92 Å². The third kappa shape index (κ3) is 5.14. The fourth-order valence-corrected chi connectivity index (χ4v) is 5.69. The summed E-state index contributed by atoms with van der Waals surface area (Å²) in [6, 6.07) is 5.40. The van der Waals surface area contributed by atoms with E-state index in [0.29, 0.717) is 11.3 Å². The molecule has 2 aliphatic rings. The molecule has 0 bridgehead atoms. The minimum absolute atomic E-state index is 0.0356. The van der Waals surface area contributed by atoms with E-state index in [9.17, 15) is 34.4 Å². The number of benzene rings is 1. The minimum atomic E-state index is -1.37. The van der Waals surface area contributed by atoms with Crippen LogP contribution < -0.4 is 0 Å². The van der Waals surface area contributed by atoms with Crippen LogP contribution in [0.25, 0.3) is 0 Å². The van der Waals surface area contributed by atoms with Crippen molar-refractivity contribution < 1.29 is 38.7 Å². The molecule has 0 spiro atoms. The molecule has 1 amide bonds. The van der Waals surface area contributed by atoms with Crippen LogP contribution in [0.15, 0.2) is 34.9 Å². The Kier molecular flexibility index (Phi) is 7.64. The summed E-state index contributed by atoms with van der Waals surface area (Å²) in [5, 5.41) is 19.0. The standard InChI is InChI=1S/C20H20N2O9S2/c1-3-8-32-15-14(18(24)25)21-16(23)13(17(21)33-19(15)26)10(2)31-20(27)30-9-11-4-6-12(7-5-11)22(28)29/h4-7,10,13,17H,3,8-9H2,1-2H3,(H,24,25)/t10-,13+,17+/m1/s1. The normalized spacial score (nSPS) is 20.6. The Labute approximate surface area is 196 Å². The largest absolute Gasteiger partial charge is 0.508 e. The molecule has 176 valence electrons. The van der Waals surface area contributed by atoms with Crippen molar-refractivity contribution in [1.29, 1.82) is 0 Å². The summed E-state index contributed by atoms with van der Waals surface area (Å²) >= 11 is 1.94. The summed E-state index contributed by atoms with van der Waals surface area (Å²) in [7, 11) is 0. The van der Waals surface area contributed by atoms with Gasteiger partial charge in [0.05, 0.1) is 9.83 Å². The van der Waals surface area contributed by atoms with E-state index in [-0.39, 0.29) is 22.9 Å². The predicted molar refractivity (Wildman–Crippen MR) is 118 cm³/mol. The van der Waals surface area contributed by atoms with Gasteiger partial charge in [0.2, 0.25) is 11.0 Å². The topological polar surface area (TPSA) is 153 Å². The number of nitrogens with zero attached hydrogens (tertiary/aromatic N) is 2. The lowest BCUT2D eigenvalue weighted by atomic mass is 9.91. The molecular weight excluding hydrogens is 476 g/mol. The van der Waals surface area contributed by atoms with Gasteiger partial charge in [-0.25, -0.2) is 9.59 Å². The Morgan fingerprint density at radius 3 is 2.55 bits per heavy atom. The van der Waals surface area contributed by atoms with E-state index in [0.717, 1.165) is 34.8 Å². The van der Waals surface area contributed by atoms with Gasteiger partial charge in [-0.1, -0.05) is 18.7 Å². The van der Waals surface area contributed by atoms with Gasteiger partial charge in [0.25, 0.3) is 5.69 Å². The average Bonchev–Trinajstić information content (AvgIpc) is 2.76. The maximum absolute atomic E-state index is 12.7. The van der Waals surface area contributed by atoms with Crippen molar-refractivity contribution in [2.75, 3.05) is 5.75 Å². The van der Waals surface area contributed by atoms with Crippen LogP contribution >= 0.6 is 23.5 Å². The number of non-ortho nitro benzene ring substituents is 1. The molecule has 1 fully saturated rings. The van der Waals surface area contributed by atoms with Crippen LogP contribution in [0.4, 0.5) is 10.5 Å². The maximum atomic E-state index is 12.7. The van der Waals surface area contributed by atoms with E-state index in [1.54, 1.807) is 0 Å². The molecule has 33 heavy (non-hydrogen) atoms. The number of carbonyl (C=O) groups excluding carboxylic acids is 3. The Morgan fingerprint density at radius 2 is 1.97 bits per heavy atom. The van der Waals surface area contributed by atoms with Crippen LogP contribution in [0.5, 0.6) is 0 Å². The summed E-state index contributed by atoms with van der Waals surface area (Å²) in [4.78, 5) is 60.3. The lowest BCUT2D eigenvalue weighted by molar-refractivity contribution is -0.384. The molecule has 2 aliphatic heterocycles. The van der Waals surface area contributed by atoms with Crippen LogP contribution in [0, 0.1) is 16.0 Å². The summed E-state index contributed by atoms with van der Waals surface area (Å²) < 4.78 is 10.2. The third-order valence-electron chi connectivity index (χ3n) is 4.90. The number of thioether (sulfide) groups is 2. The third-order valence-corrected chi connectivity index (χ3v) is 7.47. The summed E-state index contributed by atoms with van der Waals surface area (Å²) in [5.41, 5.74) is 0.0582. The zero-order valence-corrected chi connectivity index (χ0v) is 19.2. The molecule has 0 radical (unpaired) electrons. The second-order valence-electron chi connectivity index (χ2n) is 7.15. The number of hydrogen-bond acceptors (Lipinski definition) is 10. The SMILES string of the molecule is CCCSC1=C(C(=O)O)N2C(=O)[C@H]([C@@H](C)OC(=O)OCc3ccc([N+](=O)[O-])cc3)[C@@H]2SC1=O. The first-order chi connectivity index (χ1) is 15.6. The van der Waals surface area contributed by atoms with Gasteiger partial charge >= 0.3 is 12.1 Å². The van der Waals surface area contributed by atoms with Crippen molar-refractivity contribution in [2.45, 2.75) is 38.4 Å². The van der Waals surface area contributed by atoms with Gasteiger partial charge in [0.1, 0.15) is 29.7 Å². The molecular formula is C20H20N2O9S2. The predicted octanol–water partition coefficient (Wildman–Crippen LogP) is 3.13. The van der Waals surface area contributed by atoms with Crippen molar-refractivity contribution in [3.8, 4) is 0 Å². The lowest BCUT2D eigenvalue weighted by Crippen LogP contribution is -2.65. The van der Waals surface area contributed by atoms with Gasteiger partial charge in [0, 0.05) is 12.1 Å². The van der Waals surface area contributed by atoms with Gasteiger partial charge in [0.15, 0.2) is 0 Å². The second-order valence-corrected chi connectivity index (χ2v) is 9.34. The molecule has 13 heteroatoms. The molecule has 1 aromatic carbocycles. The Bertz CT molecular complexity index is 1020. The fraction of sp³-hybridized carbons (Fsp3) is 0.400. The highest BCUT2D eigenvalue weighted by atomic mass is 32.2. The van der Waals surface area contributed by atoms with Crippen LogP contribution in [0.1, 0.15) is 25.8 Å². The lowest BCUT2D eigenvalue weighted by Gasteiger charge is -2.49. The van der Waals surface area contributed by atoms with Crippen LogP contribution in [0.3, 0.4) is 0 Å². The van der Waals surface area contributed by atoms with Gasteiger partial charge in [-0.2, -0.15) is 0 Å². The van der Waals surface area contributed by atoms with E-state index < -0.39 is 45.5 Å². The number of carboxylic acid groups (broad SMARTS) is 1. The number of nitro benzene ring substituents is 1. The van der Waals surface area contributed by atoms with E-state index in [4.69, 9.17) is 9.47 Å². The molecule has 11 nitrogen and oxygen atoms in total. The molecule has 0 aliphatic carbocycles. The molecule has 1 N–H and O–H groups in total. The summed E-state index contributed by atoms with van der Waals surface area (Å²) in [5.74, 6) is -2.29. The summed E-state index contributed by atoms with van der Waals surface area (Å²) in [6.07, 6.45) is -1.30. The minimum Gasteiger partial charge on any atom is -0.477 e. The zero-order chi connectivity index (χ0) is 24.3. The number of amides is 1. The molecule has 3 rings (SSSR count). The maximum Gasteiger partial charge on any atom is 0.508 e. The van der Waals surface area contributed by atoms with Crippen molar-refractivity contribution >= 4 is 52.4 Å². The average molecular weight is 497 g/mol. The number of carboxylic acids is 1. The number of β-lactam (4-membered cyclic amide) rings is 1. The number of hydrogen-bond donors (Lipinski definition) is 1. The fourth-order valence-electron chi connectivity index (χ4n) is 3.30. The Morgan fingerprint density at radius 1 is 1.30 bits per heavy atom. The van der Waals surface area contributed by atoms with Crippen molar-refractivity contribution in [3.63, 3.8) is 0 Å². The zero-order valence-electron chi connectivity index (χ0n) is 17.6. The molecule has 1 saturated heterocycles. The number of ether oxygens (including phenoxy) is 2. The number of carbonyl (C=O) groups is 4. The van der Waals surface area contributed by atoms with E-state index in [1.807, 2.05) is 6.92 Å². The Balaban J connectivity index is 1.62. The van der Waals surface area contributed by atoms with Gasteiger partial charge < -0.3 is 14.6 Å². The highest BCUT2D eigenvalue weighted by Gasteiger charge is 2.58. The smallest absolute Gasteiger partial charge is 0.477 e. The number of fused-ring (bicyclic) bond motifs is 1. The van der Waals surface area contributed by atoms with Gasteiger partial charge in [-0.15, -0.1) is 11.8 Å². The van der Waals surface area contributed by atoms with Gasteiger partial charge in [-0.3, -0.25) is 24.6 Å². The van der Waals surface area contributed by atoms with Crippen molar-refractivity contribution in [1.82, 2.24) is 4.90 Å². The van der Waals surface area contributed by atoms with Crippen LogP contribution in [-0.4, -0.2) is 55.3 Å². The van der Waals surface area contributed by atoms with Crippen LogP contribution in [0.2, 0.25) is 0 Å². The number of aliphatic carboxylic acids is 1. The molecule has 0 unspecified atom stereocenters. The first-order valence-corrected chi connectivity index (χ1v) is 11.7. The monoisotopic (exact) mass is 496 g/mol. The van der Waals surface area contributed by atoms with E-state index in [2.05, 4.69) is 0 Å². The van der Waals surface area contributed by atoms with Gasteiger partial charge in [-0.05, 0) is 36.8 Å². The number of rotatable bonds is 9. The first kappa shape index (κ1) is 24.6. The van der Waals surface area contributed by atoms with E-state index in [1.165, 1.54) is 31.2 Å². The highest BCUT2D eigenvalue weighted by molar-refractivity contribution is 8.18. The quantitative estimate of drug-likeness (QED) is 0.232. The highest BCUT2D eigenvalue weighted by Crippen LogP contribution is 2.48. The molecule has 1 aromatic rings. The molecule has 3 atom stereocenters. The van der Waals surface area contributed by atoms with Crippen molar-refractivity contribution in [3.05, 3.63) is 50.5 Å². The first-order valence-electron chi connectivity index (χ1n) is 9.86. The van der Waals surface area contributed by atoms with Crippen LogP contribution in [-0.2, 0) is 30.5 Å². The van der Waals surface area contributed by atoms with E-state index >= 15 is 0 Å². The summed E-state index contributed by atoms with van der Waals surface area (Å²) in [6.45, 7) is 3.15. The molecule has 0 aromatic heterocycles. The Hall–Kier alpha value is -3.06.